The molecule has 1 aliphatic heterocycles. The van der Waals surface area contributed by atoms with Crippen LogP contribution in [0.25, 0.3) is 94.9 Å². The Morgan fingerprint density at radius 1 is 0.559 bits per heavy atom. The van der Waals surface area contributed by atoms with Gasteiger partial charge in [0, 0.05) is 28.5 Å². The van der Waals surface area contributed by atoms with Crippen LogP contribution in [0.2, 0.25) is 13.1 Å². The van der Waals surface area contributed by atoms with Gasteiger partial charge in [-0.1, -0.05) is 110 Å². The number of para-hydroxylation sites is 2. The van der Waals surface area contributed by atoms with E-state index in [4.69, 9.17) is 19.1 Å². The molecule has 7 heteroatoms. The number of hydrogen-bond acceptors (Lipinski definition) is 5. The molecule has 282 valence electrons. The Hall–Kier alpha value is -7.09. The average Bonchev–Trinajstić information content (AvgIpc) is 3.79. The molecule has 0 N–H and O–H groups in total. The van der Waals surface area contributed by atoms with E-state index in [1.807, 2.05) is 18.3 Å². The molecule has 1 aliphatic carbocycles. The molecule has 7 aromatic carbocycles. The van der Waals surface area contributed by atoms with Crippen molar-refractivity contribution in [1.82, 2.24) is 19.4 Å². The summed E-state index contributed by atoms with van der Waals surface area (Å²) < 4.78 is 16.0. The minimum absolute atomic E-state index is 0.610. The van der Waals surface area contributed by atoms with E-state index in [0.29, 0.717) is 5.84 Å². The minimum atomic E-state index is -2.32. The van der Waals surface area contributed by atoms with Crippen molar-refractivity contribution in [3.05, 3.63) is 157 Å². The molecule has 10 aromatic rings. The highest BCUT2D eigenvalue weighted by Gasteiger charge is 2.39. The number of fused-ring (bicyclic) bond motifs is 15. The largest absolute Gasteiger partial charge is 0.457 e. The third-order valence-electron chi connectivity index (χ3n) is 12.8. The number of hydrogen-bond donors (Lipinski definition) is 0. The fraction of sp³-hybridized carbons (Fsp3) is 0.0962. The Kier molecular flexibility index (Phi) is 7.03. The molecule has 0 unspecified atom stereocenters. The molecule has 0 saturated carbocycles. The maximum absolute atomic E-state index is 7.19. The van der Waals surface area contributed by atoms with Crippen LogP contribution < -0.4 is 15.1 Å². The monoisotopic (exact) mass is 778 g/mol. The van der Waals surface area contributed by atoms with Crippen LogP contribution in [0.4, 0.5) is 0 Å². The molecule has 0 spiro atoms. The normalized spacial score (nSPS) is 13.4. The van der Waals surface area contributed by atoms with Gasteiger partial charge in [0.05, 0.1) is 22.2 Å². The first kappa shape index (κ1) is 34.0. The van der Waals surface area contributed by atoms with Gasteiger partial charge in [0.25, 0.3) is 0 Å². The van der Waals surface area contributed by atoms with E-state index in [-0.39, 0.29) is 0 Å². The fourth-order valence-corrected chi connectivity index (χ4v) is 12.7. The molecule has 4 heterocycles. The molecule has 0 fully saturated rings. The van der Waals surface area contributed by atoms with E-state index in [1.54, 1.807) is 6.33 Å². The Labute approximate surface area is 342 Å². The SMILES string of the molecule is Cc1cc2c(cc1-c1c(C)ccc3c1oc1nc4ccccc4n13)[Si](C)(C)c1ccc(C)c(-c3ccc4c(c3)-c3ccccc3-c3ncncc3-c3ccccc3-4)c1O2. The summed E-state index contributed by atoms with van der Waals surface area (Å²) in [5, 5.41) is 2.57. The second kappa shape index (κ2) is 12.2. The average molecular weight is 779 g/mol. The first-order valence-corrected chi connectivity index (χ1v) is 23.2. The van der Waals surface area contributed by atoms with Crippen molar-refractivity contribution in [1.29, 1.82) is 0 Å². The summed E-state index contributed by atoms with van der Waals surface area (Å²) in [6.07, 6.45) is 3.60. The Morgan fingerprint density at radius 3 is 2.08 bits per heavy atom. The van der Waals surface area contributed by atoms with Gasteiger partial charge in [-0.2, -0.15) is 4.98 Å². The third kappa shape index (κ3) is 4.76. The first-order chi connectivity index (χ1) is 28.8. The molecule has 3 aromatic heterocycles. The smallest absolute Gasteiger partial charge is 0.307 e. The summed E-state index contributed by atoms with van der Waals surface area (Å²) in [5.74, 6) is 2.52. The van der Waals surface area contributed by atoms with E-state index in [2.05, 4.69) is 159 Å². The summed E-state index contributed by atoms with van der Waals surface area (Å²) in [6, 6.07) is 46.0. The van der Waals surface area contributed by atoms with Gasteiger partial charge < -0.3 is 9.15 Å². The Morgan fingerprint density at radius 2 is 1.25 bits per heavy atom. The lowest BCUT2D eigenvalue weighted by Gasteiger charge is -2.35. The van der Waals surface area contributed by atoms with Crippen molar-refractivity contribution in [3.63, 3.8) is 0 Å². The van der Waals surface area contributed by atoms with Crippen LogP contribution in [-0.4, -0.2) is 27.4 Å². The summed E-state index contributed by atoms with van der Waals surface area (Å²) in [4.78, 5) is 14.2. The lowest BCUT2D eigenvalue weighted by atomic mass is 9.82. The van der Waals surface area contributed by atoms with Gasteiger partial charge in [0.1, 0.15) is 25.9 Å². The number of aromatic nitrogens is 4. The lowest BCUT2D eigenvalue weighted by Crippen LogP contribution is -2.56. The molecule has 0 bridgehead atoms. The van der Waals surface area contributed by atoms with Crippen LogP contribution in [0.5, 0.6) is 11.5 Å². The number of imidazole rings is 1. The van der Waals surface area contributed by atoms with Crippen LogP contribution in [0.3, 0.4) is 0 Å². The molecule has 0 radical (unpaired) electrons. The summed E-state index contributed by atoms with van der Waals surface area (Å²) >= 11 is 0. The zero-order valence-electron chi connectivity index (χ0n) is 33.4. The van der Waals surface area contributed by atoms with Gasteiger partial charge in [-0.25, -0.2) is 9.97 Å². The maximum Gasteiger partial charge on any atom is 0.307 e. The van der Waals surface area contributed by atoms with E-state index in [9.17, 15) is 0 Å². The van der Waals surface area contributed by atoms with E-state index in [1.165, 1.54) is 38.2 Å². The number of ether oxygens (including phenoxy) is 1. The predicted octanol–water partition coefficient (Wildman–Crippen LogP) is 12.2. The lowest BCUT2D eigenvalue weighted by molar-refractivity contribution is 0.488. The zero-order valence-corrected chi connectivity index (χ0v) is 34.4. The summed E-state index contributed by atoms with van der Waals surface area (Å²) in [5.41, 5.74) is 20.7. The van der Waals surface area contributed by atoms with E-state index in [0.717, 1.165) is 89.4 Å². The van der Waals surface area contributed by atoms with Crippen molar-refractivity contribution in [2.24, 2.45) is 0 Å². The van der Waals surface area contributed by atoms with Gasteiger partial charge in [0.2, 0.25) is 0 Å². The molecule has 0 amide bonds. The van der Waals surface area contributed by atoms with Gasteiger partial charge in [0.15, 0.2) is 5.58 Å². The van der Waals surface area contributed by atoms with Gasteiger partial charge in [-0.15, -0.1) is 0 Å². The quantitative estimate of drug-likeness (QED) is 0.164. The van der Waals surface area contributed by atoms with Crippen LogP contribution in [-0.2, 0) is 0 Å². The maximum atomic E-state index is 7.19. The zero-order chi connectivity index (χ0) is 39.7. The molecular weight excluding hydrogens is 741 g/mol. The van der Waals surface area contributed by atoms with Gasteiger partial charge in [-0.05, 0) is 117 Å². The third-order valence-corrected chi connectivity index (χ3v) is 16.3. The van der Waals surface area contributed by atoms with E-state index < -0.39 is 8.07 Å². The standard InChI is InChI=1S/C52H38N4O2Si/c1-29-19-23-45-51(47(29)32-20-21-36-33-12-6-7-13-34(33)40-27-53-28-54-49(40)37-15-9-8-14-35(37)39(36)25-32)57-44-24-31(3)38(26-46(44)59(45,4)5)48-30(2)18-22-43-50(48)58-52-55-41-16-10-11-17-42(41)56(43)52/h6-28H,1-5H3. The van der Waals surface area contributed by atoms with Crippen LogP contribution in [0, 0.1) is 20.8 Å². The molecule has 6 nitrogen and oxygen atoms in total. The van der Waals surface area contributed by atoms with Gasteiger partial charge in [-0.3, -0.25) is 4.40 Å². The van der Waals surface area contributed by atoms with Crippen molar-refractivity contribution >= 4 is 46.4 Å². The van der Waals surface area contributed by atoms with E-state index >= 15 is 0 Å². The number of oxazole rings is 1. The molecule has 0 atom stereocenters. The van der Waals surface area contributed by atoms with Crippen molar-refractivity contribution in [2.75, 3.05) is 0 Å². The molecule has 12 rings (SSSR count). The summed E-state index contributed by atoms with van der Waals surface area (Å²) in [6.45, 7) is 11.5. The van der Waals surface area contributed by atoms with Crippen LogP contribution in [0.15, 0.2) is 144 Å². The Bertz CT molecular complexity index is 3440. The number of benzene rings is 7. The number of nitrogens with zero attached hydrogens (tertiary/aromatic N) is 4. The van der Waals surface area contributed by atoms with Crippen LogP contribution >= 0.6 is 0 Å². The second-order valence-electron chi connectivity index (χ2n) is 16.6. The topological polar surface area (TPSA) is 65.5 Å². The Balaban J connectivity index is 1.03. The van der Waals surface area contributed by atoms with Crippen molar-refractivity contribution in [2.45, 2.75) is 33.9 Å². The molecule has 59 heavy (non-hydrogen) atoms. The molecule has 2 aliphatic rings. The van der Waals surface area contributed by atoms with Gasteiger partial charge >= 0.3 is 5.84 Å². The van der Waals surface area contributed by atoms with Crippen molar-refractivity contribution in [3.8, 4) is 78.4 Å². The fourth-order valence-electron chi connectivity index (χ4n) is 9.87. The molecular formula is C52H38N4O2Si. The molecule has 0 saturated heterocycles. The summed E-state index contributed by atoms with van der Waals surface area (Å²) in [7, 11) is -2.32. The highest BCUT2D eigenvalue weighted by atomic mass is 28.3. The first-order valence-electron chi connectivity index (χ1n) is 20.2. The second-order valence-corrected chi connectivity index (χ2v) is 20.9. The number of aryl methyl sites for hydroxylation is 3. The highest BCUT2D eigenvalue weighted by Crippen LogP contribution is 2.49. The number of rotatable bonds is 2. The minimum Gasteiger partial charge on any atom is -0.457 e. The van der Waals surface area contributed by atoms with Crippen LogP contribution in [0.1, 0.15) is 16.7 Å². The predicted molar refractivity (Wildman–Crippen MR) is 242 cm³/mol. The van der Waals surface area contributed by atoms with Crippen molar-refractivity contribution < 1.29 is 9.15 Å². The highest BCUT2D eigenvalue weighted by molar-refractivity contribution is 7.02.